The lowest BCUT2D eigenvalue weighted by Gasteiger charge is -2.14. The largest absolute Gasteiger partial charge is 0.462 e. The van der Waals surface area contributed by atoms with Crippen LogP contribution in [0.4, 0.5) is 0 Å². The molecule has 1 amide bonds. The van der Waals surface area contributed by atoms with Gasteiger partial charge in [-0.3, -0.25) is 4.79 Å². The molecule has 5 nitrogen and oxygen atoms in total. The van der Waals surface area contributed by atoms with E-state index in [1.54, 1.807) is 6.26 Å². The van der Waals surface area contributed by atoms with Gasteiger partial charge in [-0.1, -0.05) is 6.92 Å². The number of hydrogen-bond donors (Lipinski definition) is 2. The minimum atomic E-state index is -0.205. The summed E-state index contributed by atoms with van der Waals surface area (Å²) < 4.78 is 5.27. The molecule has 2 unspecified atom stereocenters. The molecule has 20 heavy (non-hydrogen) atoms. The van der Waals surface area contributed by atoms with Crippen LogP contribution in [0.5, 0.6) is 0 Å². The predicted octanol–water partition coefficient (Wildman–Crippen LogP) is 2.42. The van der Waals surface area contributed by atoms with Gasteiger partial charge in [-0.15, -0.1) is 23.7 Å². The first kappa shape index (κ1) is 16.7. The van der Waals surface area contributed by atoms with Gasteiger partial charge in [0.1, 0.15) is 0 Å². The number of halogens is 1. The molecule has 0 aliphatic heterocycles. The maximum atomic E-state index is 11.8. The molecule has 0 saturated heterocycles. The molecule has 0 aliphatic rings. The molecular weight excluding hydrogens is 298 g/mol. The highest BCUT2D eigenvalue weighted by Gasteiger charge is 2.17. The molecule has 0 bridgehead atoms. The molecule has 2 aromatic rings. The van der Waals surface area contributed by atoms with Crippen LogP contribution in [0, 0.1) is 5.92 Å². The van der Waals surface area contributed by atoms with Crippen molar-refractivity contribution in [2.45, 2.75) is 26.4 Å². The van der Waals surface area contributed by atoms with Crippen molar-refractivity contribution in [2.75, 3.05) is 0 Å². The van der Waals surface area contributed by atoms with Crippen molar-refractivity contribution in [3.63, 3.8) is 0 Å². The number of nitrogens with two attached hydrogens (primary N) is 1. The Balaban J connectivity index is 0.00000200. The molecule has 3 N–H and O–H groups in total. The standard InChI is InChI=1S/C13H17N3O2S.ClH/c1-8(9(2)14)12(17)15-6-10-7-19-13(16-10)11-4-3-5-18-11;/h3-5,7-9H,6,14H2,1-2H3,(H,15,17);1H. The Kier molecular flexibility index (Phi) is 6.19. The zero-order valence-corrected chi connectivity index (χ0v) is 13.0. The number of carbonyl (C=O) groups excluding carboxylic acids is 1. The fourth-order valence-electron chi connectivity index (χ4n) is 1.48. The Hall–Kier alpha value is -1.37. The summed E-state index contributed by atoms with van der Waals surface area (Å²) in [6.45, 7) is 4.05. The minimum Gasteiger partial charge on any atom is -0.462 e. The lowest BCUT2D eigenvalue weighted by atomic mass is 10.0. The minimum absolute atomic E-state index is 0. The Labute approximate surface area is 128 Å². The molecule has 0 aromatic carbocycles. The van der Waals surface area contributed by atoms with Crippen molar-refractivity contribution >= 4 is 29.7 Å². The SMILES string of the molecule is CC(N)C(C)C(=O)NCc1csc(-c2ccco2)n1.Cl. The topological polar surface area (TPSA) is 81.2 Å². The van der Waals surface area contributed by atoms with Crippen LogP contribution >= 0.6 is 23.7 Å². The van der Waals surface area contributed by atoms with E-state index in [2.05, 4.69) is 10.3 Å². The Morgan fingerprint density at radius 1 is 1.55 bits per heavy atom. The lowest BCUT2D eigenvalue weighted by molar-refractivity contribution is -0.125. The summed E-state index contributed by atoms with van der Waals surface area (Å²) in [5.41, 5.74) is 6.51. The van der Waals surface area contributed by atoms with Gasteiger partial charge >= 0.3 is 0 Å². The number of aromatic nitrogens is 1. The molecule has 2 aromatic heterocycles. The predicted molar refractivity (Wildman–Crippen MR) is 81.7 cm³/mol. The first-order chi connectivity index (χ1) is 9.08. The Morgan fingerprint density at radius 2 is 2.30 bits per heavy atom. The highest BCUT2D eigenvalue weighted by molar-refractivity contribution is 7.13. The van der Waals surface area contributed by atoms with Gasteiger partial charge in [-0.25, -0.2) is 4.98 Å². The maximum Gasteiger partial charge on any atom is 0.224 e. The van der Waals surface area contributed by atoms with Crippen molar-refractivity contribution < 1.29 is 9.21 Å². The summed E-state index contributed by atoms with van der Waals surface area (Å²) in [5, 5.41) is 5.56. The average molecular weight is 316 g/mol. The van der Waals surface area contributed by atoms with Crippen LogP contribution < -0.4 is 11.1 Å². The lowest BCUT2D eigenvalue weighted by Crippen LogP contribution is -2.38. The first-order valence-corrected chi connectivity index (χ1v) is 6.97. The van der Waals surface area contributed by atoms with Crippen LogP contribution in [0.1, 0.15) is 19.5 Å². The third kappa shape index (κ3) is 4.06. The van der Waals surface area contributed by atoms with E-state index < -0.39 is 0 Å². The Bertz CT molecular complexity index is 540. The highest BCUT2D eigenvalue weighted by atomic mass is 35.5. The molecule has 2 atom stereocenters. The van der Waals surface area contributed by atoms with Crippen molar-refractivity contribution in [3.05, 3.63) is 29.5 Å². The molecule has 0 spiro atoms. The van der Waals surface area contributed by atoms with Gasteiger partial charge in [0.05, 0.1) is 18.5 Å². The summed E-state index contributed by atoms with van der Waals surface area (Å²) in [6.07, 6.45) is 1.61. The summed E-state index contributed by atoms with van der Waals surface area (Å²) in [7, 11) is 0. The van der Waals surface area contributed by atoms with Crippen LogP contribution in [0.25, 0.3) is 10.8 Å². The van der Waals surface area contributed by atoms with Crippen molar-refractivity contribution in [2.24, 2.45) is 11.7 Å². The van der Waals surface area contributed by atoms with Gasteiger partial charge in [-0.05, 0) is 19.1 Å². The third-order valence-corrected chi connectivity index (χ3v) is 3.84. The van der Waals surface area contributed by atoms with Gasteiger partial charge in [-0.2, -0.15) is 0 Å². The normalized spacial score (nSPS) is 13.3. The third-order valence-electron chi connectivity index (χ3n) is 2.93. The molecule has 2 rings (SSSR count). The van der Waals surface area contributed by atoms with Gasteiger partial charge in [0.2, 0.25) is 5.91 Å². The van der Waals surface area contributed by atoms with E-state index in [4.69, 9.17) is 10.2 Å². The van der Waals surface area contributed by atoms with Crippen LogP contribution in [0.3, 0.4) is 0 Å². The zero-order valence-electron chi connectivity index (χ0n) is 11.3. The average Bonchev–Trinajstić information content (AvgIpc) is 3.04. The summed E-state index contributed by atoms with van der Waals surface area (Å²) in [5.74, 6) is 0.484. The van der Waals surface area contributed by atoms with Gasteiger partial charge in [0, 0.05) is 17.3 Å². The van der Waals surface area contributed by atoms with Crippen LogP contribution in [-0.4, -0.2) is 16.9 Å². The van der Waals surface area contributed by atoms with Crippen LogP contribution in [0.15, 0.2) is 28.2 Å². The van der Waals surface area contributed by atoms with Crippen LogP contribution in [0.2, 0.25) is 0 Å². The molecular formula is C13H18ClN3O2S. The van der Waals surface area contributed by atoms with Crippen LogP contribution in [-0.2, 0) is 11.3 Å². The number of furan rings is 1. The smallest absolute Gasteiger partial charge is 0.224 e. The zero-order chi connectivity index (χ0) is 13.8. The van der Waals surface area contributed by atoms with E-state index in [1.165, 1.54) is 11.3 Å². The van der Waals surface area contributed by atoms with E-state index >= 15 is 0 Å². The van der Waals surface area contributed by atoms with Gasteiger partial charge in [0.25, 0.3) is 0 Å². The Morgan fingerprint density at radius 3 is 2.90 bits per heavy atom. The fraction of sp³-hybridized carbons (Fsp3) is 0.385. The second-order valence-corrected chi connectivity index (χ2v) is 5.34. The molecule has 0 aliphatic carbocycles. The van der Waals surface area contributed by atoms with E-state index in [1.807, 2.05) is 31.4 Å². The molecule has 110 valence electrons. The number of nitrogens with zero attached hydrogens (tertiary/aromatic N) is 1. The van der Waals surface area contributed by atoms with Crippen molar-refractivity contribution in [1.82, 2.24) is 10.3 Å². The molecule has 0 saturated carbocycles. The summed E-state index contributed by atoms with van der Waals surface area (Å²) in [4.78, 5) is 16.2. The van der Waals surface area contributed by atoms with Gasteiger partial charge in [0.15, 0.2) is 10.8 Å². The fourth-order valence-corrected chi connectivity index (χ4v) is 2.26. The van der Waals surface area contributed by atoms with E-state index in [9.17, 15) is 4.79 Å². The summed E-state index contributed by atoms with van der Waals surface area (Å²) in [6, 6.07) is 3.52. The van der Waals surface area contributed by atoms with Crippen molar-refractivity contribution in [1.29, 1.82) is 0 Å². The molecule has 0 radical (unpaired) electrons. The first-order valence-electron chi connectivity index (χ1n) is 6.09. The second kappa shape index (κ2) is 7.42. The quantitative estimate of drug-likeness (QED) is 0.888. The van der Waals surface area contributed by atoms with E-state index in [0.29, 0.717) is 6.54 Å². The number of nitrogens with one attached hydrogen (secondary N) is 1. The van der Waals surface area contributed by atoms with E-state index in [-0.39, 0.29) is 30.3 Å². The highest BCUT2D eigenvalue weighted by Crippen LogP contribution is 2.23. The molecule has 7 heteroatoms. The maximum absolute atomic E-state index is 11.8. The number of rotatable bonds is 5. The molecule has 2 heterocycles. The molecule has 0 fully saturated rings. The number of thiazole rings is 1. The number of carbonyl (C=O) groups is 1. The second-order valence-electron chi connectivity index (χ2n) is 4.49. The summed E-state index contributed by atoms with van der Waals surface area (Å²) >= 11 is 1.49. The van der Waals surface area contributed by atoms with E-state index in [0.717, 1.165) is 16.5 Å². The number of amides is 1. The van der Waals surface area contributed by atoms with Gasteiger partial charge < -0.3 is 15.5 Å². The van der Waals surface area contributed by atoms with Crippen molar-refractivity contribution in [3.8, 4) is 10.8 Å². The monoisotopic (exact) mass is 315 g/mol. The number of hydrogen-bond acceptors (Lipinski definition) is 5.